The Morgan fingerprint density at radius 1 is 1.80 bits per heavy atom. The van der Waals surface area contributed by atoms with E-state index in [9.17, 15) is 0 Å². The van der Waals surface area contributed by atoms with Crippen LogP contribution in [-0.4, -0.2) is 5.38 Å². The summed E-state index contributed by atoms with van der Waals surface area (Å²) in [6.07, 6.45) is 11.5. The van der Waals surface area contributed by atoms with E-state index >= 15 is 0 Å². The lowest BCUT2D eigenvalue weighted by molar-refractivity contribution is 0.698. The van der Waals surface area contributed by atoms with Crippen molar-refractivity contribution in [2.45, 2.75) is 31.1 Å². The van der Waals surface area contributed by atoms with Crippen LogP contribution in [-0.2, 0) is 0 Å². The topological polar surface area (TPSA) is 0 Å². The first-order valence-corrected chi connectivity index (χ1v) is 4.03. The average Bonchev–Trinajstić information content (AvgIpc) is 1.88. The second kappa shape index (κ2) is 3.68. The molecule has 1 aliphatic rings. The maximum absolute atomic E-state index is 5.90. The summed E-state index contributed by atoms with van der Waals surface area (Å²) in [5.41, 5.74) is 1.34. The third-order valence-electron chi connectivity index (χ3n) is 1.72. The number of halogens is 1. The van der Waals surface area contributed by atoms with Gasteiger partial charge < -0.3 is 0 Å². The number of terminal acetylenes is 1. The molecule has 0 fully saturated rings. The molecule has 0 aliphatic heterocycles. The Hall–Kier alpha value is -0.410. The normalized spacial score (nSPS) is 25.2. The molecule has 0 amide bonds. The summed E-state index contributed by atoms with van der Waals surface area (Å²) in [6, 6.07) is 0. The molecule has 10 heavy (non-hydrogen) atoms. The van der Waals surface area contributed by atoms with Crippen molar-refractivity contribution in [2.24, 2.45) is 0 Å². The van der Waals surface area contributed by atoms with Crippen LogP contribution in [0.3, 0.4) is 0 Å². The number of hydrogen-bond acceptors (Lipinski definition) is 0. The van der Waals surface area contributed by atoms with E-state index in [0.29, 0.717) is 0 Å². The summed E-state index contributed by atoms with van der Waals surface area (Å²) in [4.78, 5) is 0. The molecule has 0 aromatic rings. The molecule has 1 heteroatoms. The summed E-state index contributed by atoms with van der Waals surface area (Å²) >= 11 is 5.90. The zero-order valence-electron chi connectivity index (χ0n) is 5.94. The first kappa shape index (κ1) is 7.69. The molecule has 0 saturated carbocycles. The highest BCUT2D eigenvalue weighted by molar-refractivity contribution is 6.21. The van der Waals surface area contributed by atoms with Crippen LogP contribution in [0.1, 0.15) is 25.7 Å². The summed E-state index contributed by atoms with van der Waals surface area (Å²) in [5.74, 6) is 2.63. The van der Waals surface area contributed by atoms with Crippen LogP contribution in [0.5, 0.6) is 0 Å². The van der Waals surface area contributed by atoms with E-state index in [1.165, 1.54) is 12.0 Å². The molecule has 1 atom stereocenters. The SMILES string of the molecule is C#CCC1=CC(Cl)CCC1. The fourth-order valence-electron chi connectivity index (χ4n) is 1.22. The minimum Gasteiger partial charge on any atom is -0.120 e. The summed E-state index contributed by atoms with van der Waals surface area (Å²) in [7, 11) is 0. The van der Waals surface area contributed by atoms with E-state index in [4.69, 9.17) is 18.0 Å². The van der Waals surface area contributed by atoms with Crippen molar-refractivity contribution in [3.8, 4) is 12.3 Å². The van der Waals surface area contributed by atoms with Gasteiger partial charge in [0.25, 0.3) is 0 Å². The van der Waals surface area contributed by atoms with Crippen molar-refractivity contribution in [2.75, 3.05) is 0 Å². The molecule has 0 nitrogen and oxygen atoms in total. The predicted molar refractivity (Wildman–Crippen MR) is 45.0 cm³/mol. The van der Waals surface area contributed by atoms with Gasteiger partial charge in [-0.1, -0.05) is 11.6 Å². The first-order valence-electron chi connectivity index (χ1n) is 3.60. The Kier molecular flexibility index (Phi) is 2.83. The van der Waals surface area contributed by atoms with Gasteiger partial charge in [-0.3, -0.25) is 0 Å². The van der Waals surface area contributed by atoms with Gasteiger partial charge in [-0.15, -0.1) is 23.9 Å². The molecule has 1 unspecified atom stereocenters. The number of rotatable bonds is 1. The highest BCUT2D eigenvalue weighted by atomic mass is 35.5. The highest BCUT2D eigenvalue weighted by Crippen LogP contribution is 2.23. The molecule has 0 saturated heterocycles. The Bertz CT molecular complexity index is 174. The standard InChI is InChI=1S/C9H11Cl/c1-2-4-8-5-3-6-9(10)7-8/h1,7,9H,3-6H2. The van der Waals surface area contributed by atoms with Gasteiger partial charge in [-0.2, -0.15) is 0 Å². The average molecular weight is 155 g/mol. The van der Waals surface area contributed by atoms with Crippen LogP contribution in [0.2, 0.25) is 0 Å². The molecule has 0 spiro atoms. The van der Waals surface area contributed by atoms with E-state index in [1.807, 2.05) is 0 Å². The highest BCUT2D eigenvalue weighted by Gasteiger charge is 2.09. The Morgan fingerprint density at radius 3 is 3.20 bits per heavy atom. The predicted octanol–water partition coefficient (Wildman–Crippen LogP) is 2.73. The Morgan fingerprint density at radius 2 is 2.60 bits per heavy atom. The number of hydrogen-bond donors (Lipinski definition) is 0. The van der Waals surface area contributed by atoms with E-state index in [0.717, 1.165) is 19.3 Å². The van der Waals surface area contributed by atoms with E-state index in [-0.39, 0.29) is 5.38 Å². The smallest absolute Gasteiger partial charge is 0.0519 e. The fraction of sp³-hybridized carbons (Fsp3) is 0.556. The van der Waals surface area contributed by atoms with Crippen LogP contribution >= 0.6 is 11.6 Å². The van der Waals surface area contributed by atoms with E-state index in [2.05, 4.69) is 12.0 Å². The lowest BCUT2D eigenvalue weighted by Crippen LogP contribution is -2.02. The summed E-state index contributed by atoms with van der Waals surface area (Å²) in [5, 5.41) is 0.233. The van der Waals surface area contributed by atoms with Crippen LogP contribution in [0.15, 0.2) is 11.6 Å². The Balaban J connectivity index is 2.50. The minimum absolute atomic E-state index is 0.233. The Labute approximate surface area is 67.3 Å². The van der Waals surface area contributed by atoms with Gasteiger partial charge in [0.2, 0.25) is 0 Å². The molecule has 0 aromatic heterocycles. The monoisotopic (exact) mass is 154 g/mol. The molecule has 0 aromatic carbocycles. The largest absolute Gasteiger partial charge is 0.120 e. The zero-order valence-corrected chi connectivity index (χ0v) is 6.69. The number of allylic oxidation sites excluding steroid dienone is 2. The van der Waals surface area contributed by atoms with Crippen molar-refractivity contribution >= 4 is 11.6 Å². The van der Waals surface area contributed by atoms with Crippen molar-refractivity contribution in [3.05, 3.63) is 11.6 Å². The number of alkyl halides is 1. The lowest BCUT2D eigenvalue weighted by atomic mass is 9.97. The first-order chi connectivity index (χ1) is 4.83. The van der Waals surface area contributed by atoms with Gasteiger partial charge in [0, 0.05) is 6.42 Å². The molecule has 0 radical (unpaired) electrons. The third-order valence-corrected chi connectivity index (χ3v) is 2.07. The van der Waals surface area contributed by atoms with Crippen LogP contribution in [0, 0.1) is 12.3 Å². The molecule has 0 heterocycles. The maximum Gasteiger partial charge on any atom is 0.0519 e. The van der Waals surface area contributed by atoms with Crippen molar-refractivity contribution in [1.82, 2.24) is 0 Å². The summed E-state index contributed by atoms with van der Waals surface area (Å²) < 4.78 is 0. The molecule has 1 aliphatic carbocycles. The van der Waals surface area contributed by atoms with Gasteiger partial charge in [0.1, 0.15) is 0 Å². The van der Waals surface area contributed by atoms with Crippen molar-refractivity contribution < 1.29 is 0 Å². The van der Waals surface area contributed by atoms with Gasteiger partial charge in [0.05, 0.1) is 5.38 Å². The molecule has 1 rings (SSSR count). The fourth-order valence-corrected chi connectivity index (χ4v) is 1.56. The summed E-state index contributed by atoms with van der Waals surface area (Å²) in [6.45, 7) is 0. The van der Waals surface area contributed by atoms with Gasteiger partial charge in [0.15, 0.2) is 0 Å². The van der Waals surface area contributed by atoms with Gasteiger partial charge in [-0.25, -0.2) is 0 Å². The molecule has 54 valence electrons. The second-order valence-electron chi connectivity index (χ2n) is 2.61. The lowest BCUT2D eigenvalue weighted by Gasteiger charge is -2.13. The van der Waals surface area contributed by atoms with Crippen LogP contribution in [0.4, 0.5) is 0 Å². The molecule has 0 N–H and O–H groups in total. The minimum atomic E-state index is 0.233. The van der Waals surface area contributed by atoms with Gasteiger partial charge in [-0.05, 0) is 19.3 Å². The van der Waals surface area contributed by atoms with Crippen molar-refractivity contribution in [1.29, 1.82) is 0 Å². The zero-order chi connectivity index (χ0) is 7.40. The quantitative estimate of drug-likeness (QED) is 0.310. The molecular weight excluding hydrogens is 144 g/mol. The molecule has 0 bridgehead atoms. The van der Waals surface area contributed by atoms with Crippen LogP contribution < -0.4 is 0 Å². The third kappa shape index (κ3) is 2.08. The maximum atomic E-state index is 5.90. The second-order valence-corrected chi connectivity index (χ2v) is 3.17. The van der Waals surface area contributed by atoms with E-state index < -0.39 is 0 Å². The van der Waals surface area contributed by atoms with Crippen molar-refractivity contribution in [3.63, 3.8) is 0 Å². The van der Waals surface area contributed by atoms with Gasteiger partial charge >= 0.3 is 0 Å². The van der Waals surface area contributed by atoms with E-state index in [1.54, 1.807) is 0 Å². The molecular formula is C9H11Cl. The van der Waals surface area contributed by atoms with Crippen LogP contribution in [0.25, 0.3) is 0 Å².